The van der Waals surface area contributed by atoms with Crippen molar-refractivity contribution in [3.8, 4) is 0 Å². The lowest BCUT2D eigenvalue weighted by molar-refractivity contribution is -0.870. The summed E-state index contributed by atoms with van der Waals surface area (Å²) in [6.07, 6.45) is 33.7. The number of nitrogens with zero attached hydrogens (tertiary/aromatic N) is 1. The number of carbonyl (C=O) groups is 1. The number of rotatable bonds is 36. The largest absolute Gasteiger partial charge is 0.472 e. The fraction of sp³-hybridized carbons (Fsp3) is 0.923. The number of phosphoric ester groups is 1. The van der Waals surface area contributed by atoms with E-state index in [1.54, 1.807) is 0 Å². The van der Waals surface area contributed by atoms with Gasteiger partial charge in [-0.25, -0.2) is 4.57 Å². The summed E-state index contributed by atoms with van der Waals surface area (Å²) in [4.78, 5) is 23.0. The first-order valence-electron chi connectivity index (χ1n) is 20.1. The molecule has 286 valence electrons. The van der Waals surface area contributed by atoms with Gasteiger partial charge >= 0.3 is 7.82 Å². The van der Waals surface area contributed by atoms with E-state index < -0.39 is 20.0 Å². The number of amides is 1. The van der Waals surface area contributed by atoms with Gasteiger partial charge in [0.1, 0.15) is 13.2 Å². The van der Waals surface area contributed by atoms with Gasteiger partial charge in [-0.05, 0) is 32.1 Å². The van der Waals surface area contributed by atoms with Crippen LogP contribution in [0.3, 0.4) is 0 Å². The predicted octanol–water partition coefficient (Wildman–Crippen LogP) is 10.4. The highest BCUT2D eigenvalue weighted by Gasteiger charge is 2.28. The number of aliphatic hydroxyl groups is 1. The summed E-state index contributed by atoms with van der Waals surface area (Å²) in [6.45, 7) is 4.83. The summed E-state index contributed by atoms with van der Waals surface area (Å²) in [6, 6.07) is -0.758. The van der Waals surface area contributed by atoms with Gasteiger partial charge in [0.2, 0.25) is 5.91 Å². The van der Waals surface area contributed by atoms with E-state index >= 15 is 0 Å². The maximum atomic E-state index is 12.8. The van der Waals surface area contributed by atoms with Crippen LogP contribution < -0.4 is 5.32 Å². The van der Waals surface area contributed by atoms with Crippen LogP contribution in [-0.2, 0) is 18.4 Å². The number of likely N-dealkylation sites (N-methyl/N-ethyl adjacent to an activating group) is 1. The van der Waals surface area contributed by atoms with Crippen molar-refractivity contribution in [2.75, 3.05) is 40.9 Å². The van der Waals surface area contributed by atoms with Crippen LogP contribution in [0, 0.1) is 0 Å². The summed E-state index contributed by atoms with van der Waals surface area (Å²) >= 11 is 0. The Bertz CT molecular complexity index is 804. The van der Waals surface area contributed by atoms with E-state index in [-0.39, 0.29) is 19.1 Å². The summed E-state index contributed by atoms with van der Waals surface area (Å²) in [7, 11) is 1.61. The third kappa shape index (κ3) is 33.7. The van der Waals surface area contributed by atoms with Gasteiger partial charge in [0.05, 0.1) is 39.9 Å². The molecule has 0 rings (SSSR count). The number of aliphatic hydroxyl groups excluding tert-OH is 1. The molecule has 3 atom stereocenters. The molecule has 9 heteroatoms. The third-order valence-corrected chi connectivity index (χ3v) is 10.00. The highest BCUT2D eigenvalue weighted by atomic mass is 31.2. The second-order valence-corrected chi connectivity index (χ2v) is 16.5. The van der Waals surface area contributed by atoms with Gasteiger partial charge in [0, 0.05) is 6.42 Å². The van der Waals surface area contributed by atoms with Crippen LogP contribution in [0.1, 0.15) is 181 Å². The Hall–Kier alpha value is -0.760. The average molecular weight is 704 g/mol. The Balaban J connectivity index is 4.43. The van der Waals surface area contributed by atoms with Crippen LogP contribution in [0.15, 0.2) is 12.2 Å². The number of phosphoric acid groups is 1. The minimum absolute atomic E-state index is 0.0745. The van der Waals surface area contributed by atoms with Crippen LogP contribution in [0.2, 0.25) is 0 Å². The molecule has 0 aliphatic rings. The zero-order chi connectivity index (χ0) is 35.8. The standard InChI is InChI=1S/C39H79N2O6P/c1-6-8-10-12-14-16-18-19-20-21-23-24-26-28-30-32-38(42)37(36-47-48(44,45)46-35-34-41(3,4)5)40-39(43)33-31-29-27-25-22-17-15-13-11-9-7-2/h13,15,37-38,42H,6-12,14,16-36H2,1-5H3,(H-,40,43,44,45)/p+1/b15-13-. The van der Waals surface area contributed by atoms with Gasteiger partial charge in [0.15, 0.2) is 0 Å². The molecule has 0 aliphatic carbocycles. The SMILES string of the molecule is CCCC/C=C\CCCCCCCC(=O)NC(COP(=O)(O)OCC[N+](C)(C)C)C(O)CCCCCCCCCCCCCCCCC. The van der Waals surface area contributed by atoms with E-state index in [0.717, 1.165) is 51.4 Å². The fourth-order valence-corrected chi connectivity index (χ4v) is 6.47. The van der Waals surface area contributed by atoms with Gasteiger partial charge in [-0.15, -0.1) is 0 Å². The maximum absolute atomic E-state index is 12.8. The van der Waals surface area contributed by atoms with Crippen LogP contribution in [-0.4, -0.2) is 73.4 Å². The van der Waals surface area contributed by atoms with Crippen LogP contribution in [0.4, 0.5) is 0 Å². The maximum Gasteiger partial charge on any atom is 0.472 e. The second-order valence-electron chi connectivity index (χ2n) is 15.0. The first kappa shape index (κ1) is 47.2. The molecule has 0 saturated carbocycles. The van der Waals surface area contributed by atoms with Crippen LogP contribution >= 0.6 is 7.82 Å². The molecule has 0 bridgehead atoms. The fourth-order valence-electron chi connectivity index (χ4n) is 5.73. The number of allylic oxidation sites excluding steroid dienone is 2. The Kier molecular flexibility index (Phi) is 31.7. The van der Waals surface area contributed by atoms with Gasteiger partial charge < -0.3 is 19.8 Å². The van der Waals surface area contributed by atoms with Crippen LogP contribution in [0.5, 0.6) is 0 Å². The highest BCUT2D eigenvalue weighted by molar-refractivity contribution is 7.47. The smallest absolute Gasteiger partial charge is 0.391 e. The van der Waals surface area contributed by atoms with Crippen molar-refractivity contribution in [3.63, 3.8) is 0 Å². The first-order chi connectivity index (χ1) is 23.0. The van der Waals surface area contributed by atoms with Gasteiger partial charge in [-0.2, -0.15) is 0 Å². The molecular formula is C39H80N2O6P+. The second kappa shape index (κ2) is 32.2. The lowest BCUT2D eigenvalue weighted by atomic mass is 10.0. The van der Waals surface area contributed by atoms with E-state index in [4.69, 9.17) is 9.05 Å². The van der Waals surface area contributed by atoms with Gasteiger partial charge in [-0.3, -0.25) is 13.8 Å². The highest BCUT2D eigenvalue weighted by Crippen LogP contribution is 2.43. The average Bonchev–Trinajstić information content (AvgIpc) is 3.02. The predicted molar refractivity (Wildman–Crippen MR) is 203 cm³/mol. The quantitative estimate of drug-likeness (QED) is 0.0260. The molecule has 3 unspecified atom stereocenters. The zero-order valence-corrected chi connectivity index (χ0v) is 33.1. The molecule has 8 nitrogen and oxygen atoms in total. The van der Waals surface area contributed by atoms with E-state index in [1.165, 1.54) is 103 Å². The molecule has 1 amide bonds. The first-order valence-corrected chi connectivity index (χ1v) is 21.5. The molecule has 0 fully saturated rings. The molecule has 48 heavy (non-hydrogen) atoms. The third-order valence-electron chi connectivity index (χ3n) is 9.01. The van der Waals surface area contributed by atoms with Crippen molar-refractivity contribution in [3.05, 3.63) is 12.2 Å². The molecule has 0 heterocycles. The molecular weight excluding hydrogens is 623 g/mol. The number of nitrogens with one attached hydrogen (secondary N) is 1. The Morgan fingerprint density at radius 3 is 1.67 bits per heavy atom. The summed E-state index contributed by atoms with van der Waals surface area (Å²) in [5, 5.41) is 13.9. The van der Waals surface area contributed by atoms with E-state index in [0.29, 0.717) is 23.9 Å². The molecule has 0 aromatic carbocycles. The van der Waals surface area contributed by atoms with E-state index in [9.17, 15) is 19.4 Å². The Morgan fingerprint density at radius 2 is 1.15 bits per heavy atom. The monoisotopic (exact) mass is 704 g/mol. The Morgan fingerprint density at radius 1 is 0.688 bits per heavy atom. The topological polar surface area (TPSA) is 105 Å². The van der Waals surface area contributed by atoms with Crippen molar-refractivity contribution in [1.29, 1.82) is 0 Å². The molecule has 0 saturated heterocycles. The number of hydrogen-bond acceptors (Lipinski definition) is 5. The number of carbonyl (C=O) groups excluding carboxylic acids is 1. The minimum Gasteiger partial charge on any atom is -0.391 e. The zero-order valence-electron chi connectivity index (χ0n) is 32.2. The lowest BCUT2D eigenvalue weighted by Crippen LogP contribution is -2.46. The van der Waals surface area contributed by atoms with Gasteiger partial charge in [-0.1, -0.05) is 154 Å². The molecule has 3 N–H and O–H groups in total. The summed E-state index contributed by atoms with van der Waals surface area (Å²) in [5.74, 6) is -0.156. The van der Waals surface area contributed by atoms with E-state index in [2.05, 4.69) is 31.3 Å². The van der Waals surface area contributed by atoms with Crippen molar-refractivity contribution >= 4 is 13.7 Å². The number of quaternary nitrogens is 1. The molecule has 0 radical (unpaired) electrons. The van der Waals surface area contributed by atoms with Crippen molar-refractivity contribution < 1.29 is 32.9 Å². The Labute approximate surface area is 297 Å². The number of hydrogen-bond donors (Lipinski definition) is 3. The van der Waals surface area contributed by atoms with Crippen molar-refractivity contribution in [2.45, 2.75) is 193 Å². The lowest BCUT2D eigenvalue weighted by Gasteiger charge is -2.26. The number of unbranched alkanes of at least 4 members (excludes halogenated alkanes) is 21. The van der Waals surface area contributed by atoms with Crippen molar-refractivity contribution in [2.24, 2.45) is 0 Å². The molecule has 0 spiro atoms. The molecule has 0 aromatic rings. The molecule has 0 aliphatic heterocycles. The van der Waals surface area contributed by atoms with Crippen LogP contribution in [0.25, 0.3) is 0 Å². The van der Waals surface area contributed by atoms with Crippen molar-refractivity contribution in [1.82, 2.24) is 5.32 Å². The summed E-state index contributed by atoms with van der Waals surface area (Å²) in [5.41, 5.74) is 0. The summed E-state index contributed by atoms with van der Waals surface area (Å²) < 4.78 is 23.5. The van der Waals surface area contributed by atoms with E-state index in [1.807, 2.05) is 21.1 Å². The molecule has 0 aromatic heterocycles. The minimum atomic E-state index is -4.30. The van der Waals surface area contributed by atoms with Gasteiger partial charge in [0.25, 0.3) is 0 Å². The normalized spacial score (nSPS) is 14.7.